The summed E-state index contributed by atoms with van der Waals surface area (Å²) in [5, 5.41) is 8.82. The number of halogens is 1. The molecule has 0 fully saturated rings. The number of ether oxygens (including phenoxy) is 1. The molecule has 1 aliphatic heterocycles. The minimum Gasteiger partial charge on any atom is -0.496 e. The molecule has 1 aliphatic rings. The van der Waals surface area contributed by atoms with Crippen LogP contribution in [0.3, 0.4) is 0 Å². The minimum absolute atomic E-state index is 0.146. The average molecular weight is 446 g/mol. The molecule has 2 aromatic heterocycles. The number of hydrogen-bond acceptors (Lipinski definition) is 5. The van der Waals surface area contributed by atoms with Crippen LogP contribution in [0.5, 0.6) is 5.75 Å². The van der Waals surface area contributed by atoms with Gasteiger partial charge in [0, 0.05) is 46.7 Å². The van der Waals surface area contributed by atoms with E-state index in [1.54, 1.807) is 7.11 Å². The van der Waals surface area contributed by atoms with Gasteiger partial charge >= 0.3 is 0 Å². The Kier molecular flexibility index (Phi) is 5.53. The van der Waals surface area contributed by atoms with Crippen molar-refractivity contribution in [2.75, 3.05) is 12.4 Å². The van der Waals surface area contributed by atoms with Gasteiger partial charge in [-0.05, 0) is 61.2 Å². The van der Waals surface area contributed by atoms with Crippen molar-refractivity contribution in [2.45, 2.75) is 32.2 Å². The van der Waals surface area contributed by atoms with Crippen molar-refractivity contribution in [1.29, 1.82) is 0 Å². The van der Waals surface area contributed by atoms with Gasteiger partial charge in [-0.25, -0.2) is 4.68 Å². The summed E-state index contributed by atoms with van der Waals surface area (Å²) >= 11 is 6.48. The van der Waals surface area contributed by atoms with Crippen LogP contribution < -0.4 is 10.1 Å². The second-order valence-electron chi connectivity index (χ2n) is 7.96. The first kappa shape index (κ1) is 20.5. The first-order valence-electron chi connectivity index (χ1n) is 10.7. The highest BCUT2D eigenvalue weighted by Crippen LogP contribution is 2.37. The maximum absolute atomic E-state index is 6.48. The van der Waals surface area contributed by atoms with Crippen LogP contribution in [0.2, 0.25) is 5.02 Å². The van der Waals surface area contributed by atoms with Gasteiger partial charge in [0.25, 0.3) is 0 Å². The minimum atomic E-state index is 0.146. The number of pyridine rings is 1. The number of nitrogens with one attached hydrogen (secondary N) is 1. The summed E-state index contributed by atoms with van der Waals surface area (Å²) in [6.07, 6.45) is 3.86. The van der Waals surface area contributed by atoms with Gasteiger partial charge in [-0.3, -0.25) is 4.98 Å². The lowest BCUT2D eigenvalue weighted by Crippen LogP contribution is -2.18. The number of rotatable bonds is 5. The van der Waals surface area contributed by atoms with Gasteiger partial charge in [0.1, 0.15) is 11.6 Å². The second-order valence-corrected chi connectivity index (χ2v) is 8.37. The molecule has 0 bridgehead atoms. The average Bonchev–Trinajstić information content (AvgIpc) is 3.22. The van der Waals surface area contributed by atoms with Crippen molar-refractivity contribution in [3.05, 3.63) is 82.9 Å². The summed E-state index contributed by atoms with van der Waals surface area (Å²) in [5.41, 5.74) is 5.02. The third kappa shape index (κ3) is 3.94. The molecular weight excluding hydrogens is 422 g/mol. The molecule has 7 heteroatoms. The van der Waals surface area contributed by atoms with Crippen LogP contribution in [0.15, 0.2) is 60.8 Å². The molecule has 1 atom stereocenters. The number of methoxy groups -OCH3 is 1. The highest BCUT2D eigenvalue weighted by atomic mass is 35.5. The van der Waals surface area contributed by atoms with Crippen LogP contribution in [0.4, 0.5) is 11.6 Å². The molecule has 0 amide bonds. The van der Waals surface area contributed by atoms with Crippen LogP contribution in [-0.4, -0.2) is 26.9 Å². The molecule has 0 aliphatic carbocycles. The number of benzene rings is 2. The quantitative estimate of drug-likeness (QED) is 0.409. The number of anilines is 2. The number of nitrogens with zero attached hydrogens (tertiary/aromatic N) is 4. The zero-order chi connectivity index (χ0) is 22.1. The van der Waals surface area contributed by atoms with Crippen LogP contribution in [-0.2, 0) is 6.54 Å². The fraction of sp³-hybridized carbons (Fsp3) is 0.240. The van der Waals surface area contributed by atoms with Crippen molar-refractivity contribution < 1.29 is 4.74 Å². The summed E-state index contributed by atoms with van der Waals surface area (Å²) in [4.78, 5) is 9.10. The van der Waals surface area contributed by atoms with E-state index < -0.39 is 0 Å². The topological polar surface area (TPSA) is 64.9 Å². The van der Waals surface area contributed by atoms with E-state index in [0.29, 0.717) is 5.95 Å². The van der Waals surface area contributed by atoms with Crippen molar-refractivity contribution in [1.82, 2.24) is 19.7 Å². The van der Waals surface area contributed by atoms with Crippen molar-refractivity contribution in [3.8, 4) is 16.9 Å². The number of aromatic nitrogens is 4. The normalized spacial score (nSPS) is 15.3. The van der Waals surface area contributed by atoms with E-state index in [4.69, 9.17) is 26.4 Å². The van der Waals surface area contributed by atoms with E-state index in [-0.39, 0.29) is 5.92 Å². The molecular formula is C25H24ClN5O. The Balaban J connectivity index is 1.44. The Morgan fingerprint density at radius 1 is 1.12 bits per heavy atom. The lowest BCUT2D eigenvalue weighted by Gasteiger charge is -2.23. The summed E-state index contributed by atoms with van der Waals surface area (Å²) in [7, 11) is 1.68. The van der Waals surface area contributed by atoms with E-state index in [1.807, 2.05) is 66.3 Å². The summed E-state index contributed by atoms with van der Waals surface area (Å²) in [5.74, 6) is 2.45. The third-order valence-corrected chi connectivity index (χ3v) is 6.16. The number of hydrogen-bond donors (Lipinski definition) is 1. The lowest BCUT2D eigenvalue weighted by molar-refractivity contribution is 0.416. The molecule has 1 N–H and O–H groups in total. The van der Waals surface area contributed by atoms with Crippen LogP contribution in [0, 0.1) is 6.92 Å². The highest BCUT2D eigenvalue weighted by molar-refractivity contribution is 6.31. The molecule has 6 nitrogen and oxygen atoms in total. The van der Waals surface area contributed by atoms with Crippen LogP contribution in [0.25, 0.3) is 11.1 Å². The largest absolute Gasteiger partial charge is 0.496 e. The first-order valence-corrected chi connectivity index (χ1v) is 11.1. The van der Waals surface area contributed by atoms with Gasteiger partial charge < -0.3 is 10.1 Å². The molecule has 2 aromatic carbocycles. The smallest absolute Gasteiger partial charge is 0.246 e. The van der Waals surface area contributed by atoms with E-state index in [9.17, 15) is 0 Å². The Morgan fingerprint density at radius 2 is 2.00 bits per heavy atom. The van der Waals surface area contributed by atoms with Crippen molar-refractivity contribution >= 4 is 23.2 Å². The molecule has 0 spiro atoms. The molecule has 32 heavy (non-hydrogen) atoms. The SMILES string of the molecule is COc1cc(Nc2nc3n(n2)CCCC3c2ccccc2Cl)ccc1-c1ccnc(C)c1. The highest BCUT2D eigenvalue weighted by Gasteiger charge is 2.27. The molecule has 3 heterocycles. The van der Waals surface area contributed by atoms with E-state index in [0.717, 1.165) is 64.1 Å². The predicted molar refractivity (Wildman–Crippen MR) is 127 cm³/mol. The number of fused-ring (bicyclic) bond motifs is 1. The maximum Gasteiger partial charge on any atom is 0.246 e. The van der Waals surface area contributed by atoms with Crippen molar-refractivity contribution in [3.63, 3.8) is 0 Å². The Bertz CT molecular complexity index is 1270. The van der Waals surface area contributed by atoms with Gasteiger partial charge in [0.05, 0.1) is 7.11 Å². The van der Waals surface area contributed by atoms with Gasteiger partial charge in [-0.2, -0.15) is 4.98 Å². The van der Waals surface area contributed by atoms with Gasteiger partial charge in [0.2, 0.25) is 5.95 Å². The fourth-order valence-corrected chi connectivity index (χ4v) is 4.57. The Labute approximate surface area is 192 Å². The van der Waals surface area contributed by atoms with E-state index in [2.05, 4.69) is 16.4 Å². The third-order valence-electron chi connectivity index (χ3n) is 5.82. The summed E-state index contributed by atoms with van der Waals surface area (Å²) < 4.78 is 7.66. The standard InChI is InChI=1S/C25H24ClN5O/c1-16-14-17(11-12-27-16)19-10-9-18(15-23(19)32-2)28-25-29-24-21(7-5-13-31(24)30-25)20-6-3-4-8-22(20)26/h3-4,6,8-12,14-15,21H,5,7,13H2,1-2H3,(H,28,30). The zero-order valence-corrected chi connectivity index (χ0v) is 18.8. The van der Waals surface area contributed by atoms with E-state index >= 15 is 0 Å². The van der Waals surface area contributed by atoms with E-state index in [1.165, 1.54) is 0 Å². The molecule has 5 rings (SSSR count). The molecule has 162 valence electrons. The molecule has 0 radical (unpaired) electrons. The molecule has 4 aromatic rings. The van der Waals surface area contributed by atoms with Gasteiger partial charge in [0.15, 0.2) is 0 Å². The van der Waals surface area contributed by atoms with Gasteiger partial charge in [-0.1, -0.05) is 29.8 Å². The summed E-state index contributed by atoms with van der Waals surface area (Å²) in [6, 6.07) is 18.0. The summed E-state index contributed by atoms with van der Waals surface area (Å²) in [6.45, 7) is 2.84. The molecule has 1 unspecified atom stereocenters. The molecule has 0 saturated heterocycles. The lowest BCUT2D eigenvalue weighted by atomic mass is 9.91. The molecule has 0 saturated carbocycles. The van der Waals surface area contributed by atoms with Gasteiger partial charge in [-0.15, -0.1) is 5.10 Å². The first-order chi connectivity index (χ1) is 15.6. The predicted octanol–water partition coefficient (Wildman–Crippen LogP) is 5.98. The van der Waals surface area contributed by atoms with Crippen LogP contribution in [0.1, 0.15) is 35.8 Å². The second kappa shape index (κ2) is 8.63. The Hall–Kier alpha value is -3.38. The van der Waals surface area contributed by atoms with Crippen molar-refractivity contribution in [2.24, 2.45) is 0 Å². The Morgan fingerprint density at radius 3 is 2.81 bits per heavy atom. The van der Waals surface area contributed by atoms with Crippen LogP contribution >= 0.6 is 11.6 Å². The maximum atomic E-state index is 6.48. The monoisotopic (exact) mass is 445 g/mol. The number of aryl methyl sites for hydroxylation is 2. The zero-order valence-electron chi connectivity index (χ0n) is 18.0. The fourth-order valence-electron chi connectivity index (χ4n) is 4.31.